The van der Waals surface area contributed by atoms with Crippen molar-refractivity contribution in [2.24, 2.45) is 0 Å². The second kappa shape index (κ2) is 6.59. The molecule has 138 valence electrons. The van der Waals surface area contributed by atoms with Crippen LogP contribution in [0.4, 0.5) is 0 Å². The average molecular weight is 364 g/mol. The molecule has 0 amide bonds. The molecule has 0 aliphatic heterocycles. The van der Waals surface area contributed by atoms with Crippen molar-refractivity contribution in [1.82, 2.24) is 19.9 Å². The maximum Gasteiger partial charge on any atom is 0.357 e. The molecule has 7 heteroatoms. The van der Waals surface area contributed by atoms with E-state index in [1.165, 1.54) is 0 Å². The van der Waals surface area contributed by atoms with Gasteiger partial charge in [-0.2, -0.15) is 0 Å². The SMILES string of the molecule is COCc1c(C(=O)OC(C)C)ncc2[nH]c3ccc4nc(C)cnc4c3c12. The number of ether oxygens (including phenoxy) is 2. The summed E-state index contributed by atoms with van der Waals surface area (Å²) in [6.07, 6.45) is 3.16. The molecule has 0 aliphatic carbocycles. The van der Waals surface area contributed by atoms with Gasteiger partial charge in [0.05, 0.1) is 41.2 Å². The minimum absolute atomic E-state index is 0.232. The summed E-state index contributed by atoms with van der Waals surface area (Å²) in [7, 11) is 1.59. The monoisotopic (exact) mass is 364 g/mol. The fourth-order valence-electron chi connectivity index (χ4n) is 3.34. The highest BCUT2D eigenvalue weighted by Crippen LogP contribution is 2.34. The molecule has 0 spiro atoms. The topological polar surface area (TPSA) is 90.0 Å². The Bertz CT molecular complexity index is 1180. The number of esters is 1. The molecule has 7 nitrogen and oxygen atoms in total. The lowest BCUT2D eigenvalue weighted by Crippen LogP contribution is -2.15. The predicted molar refractivity (Wildman–Crippen MR) is 103 cm³/mol. The van der Waals surface area contributed by atoms with Crippen LogP contribution in [0.15, 0.2) is 24.5 Å². The Balaban J connectivity index is 2.10. The minimum Gasteiger partial charge on any atom is -0.458 e. The minimum atomic E-state index is -0.463. The van der Waals surface area contributed by atoms with Gasteiger partial charge < -0.3 is 14.5 Å². The summed E-state index contributed by atoms with van der Waals surface area (Å²) in [4.78, 5) is 29.4. The Morgan fingerprint density at radius 1 is 1.15 bits per heavy atom. The first-order valence-electron chi connectivity index (χ1n) is 8.75. The van der Waals surface area contributed by atoms with Crippen molar-refractivity contribution in [2.75, 3.05) is 7.11 Å². The highest BCUT2D eigenvalue weighted by Gasteiger charge is 2.22. The fraction of sp³-hybridized carbons (Fsp3) is 0.300. The first-order valence-corrected chi connectivity index (χ1v) is 8.75. The van der Waals surface area contributed by atoms with Crippen molar-refractivity contribution in [3.8, 4) is 0 Å². The van der Waals surface area contributed by atoms with Crippen molar-refractivity contribution in [2.45, 2.75) is 33.5 Å². The third kappa shape index (κ3) is 2.90. The molecule has 0 saturated heterocycles. The zero-order chi connectivity index (χ0) is 19.1. The van der Waals surface area contributed by atoms with Crippen LogP contribution in [-0.2, 0) is 16.1 Å². The number of H-pyrrole nitrogens is 1. The lowest BCUT2D eigenvalue weighted by Gasteiger charge is -2.12. The van der Waals surface area contributed by atoms with E-state index in [0.717, 1.165) is 38.5 Å². The second-order valence-electron chi connectivity index (χ2n) is 6.75. The van der Waals surface area contributed by atoms with E-state index in [2.05, 4.69) is 19.9 Å². The summed E-state index contributed by atoms with van der Waals surface area (Å²) in [5.41, 5.74) is 5.09. The van der Waals surface area contributed by atoms with E-state index in [1.807, 2.05) is 32.9 Å². The van der Waals surface area contributed by atoms with E-state index < -0.39 is 5.97 Å². The standard InChI is InChI=1S/C20H20N4O3/c1-10(2)27-20(25)18-12(9-26-4)16-15(8-22-18)24-13-5-6-14-19(17(13)16)21-7-11(3)23-14/h5-8,10,24H,9H2,1-4H3. The van der Waals surface area contributed by atoms with Crippen molar-refractivity contribution in [3.05, 3.63) is 41.5 Å². The Hall–Kier alpha value is -3.06. The van der Waals surface area contributed by atoms with E-state index >= 15 is 0 Å². The van der Waals surface area contributed by atoms with Gasteiger partial charge in [-0.1, -0.05) is 0 Å². The zero-order valence-corrected chi connectivity index (χ0v) is 15.7. The molecule has 0 atom stereocenters. The molecule has 27 heavy (non-hydrogen) atoms. The van der Waals surface area contributed by atoms with E-state index in [4.69, 9.17) is 9.47 Å². The molecular formula is C20H20N4O3. The number of benzene rings is 1. The number of rotatable bonds is 4. The molecule has 0 bridgehead atoms. The smallest absolute Gasteiger partial charge is 0.357 e. The van der Waals surface area contributed by atoms with Gasteiger partial charge in [-0.05, 0) is 32.9 Å². The molecule has 0 unspecified atom stereocenters. The average Bonchev–Trinajstić information content (AvgIpc) is 3.00. The molecule has 3 heterocycles. The van der Waals surface area contributed by atoms with E-state index in [9.17, 15) is 4.79 Å². The number of aromatic nitrogens is 4. The first kappa shape index (κ1) is 17.4. The van der Waals surface area contributed by atoms with E-state index in [1.54, 1.807) is 19.5 Å². The van der Waals surface area contributed by atoms with Crippen LogP contribution in [-0.4, -0.2) is 39.1 Å². The predicted octanol–water partition coefficient (Wildman–Crippen LogP) is 3.68. The number of pyridine rings is 1. The van der Waals surface area contributed by atoms with Crippen LogP contribution in [0, 0.1) is 6.92 Å². The Labute approximate surface area is 155 Å². The Kier molecular flexibility index (Phi) is 4.24. The van der Waals surface area contributed by atoms with Crippen molar-refractivity contribution in [3.63, 3.8) is 0 Å². The lowest BCUT2D eigenvalue weighted by atomic mass is 10.0. The lowest BCUT2D eigenvalue weighted by molar-refractivity contribution is 0.0366. The van der Waals surface area contributed by atoms with Gasteiger partial charge in [0, 0.05) is 35.2 Å². The number of hydrogen-bond donors (Lipinski definition) is 1. The summed E-state index contributed by atoms with van der Waals surface area (Å²) in [6, 6.07) is 3.90. The quantitative estimate of drug-likeness (QED) is 0.556. The van der Waals surface area contributed by atoms with Crippen LogP contribution in [0.5, 0.6) is 0 Å². The molecule has 1 N–H and O–H groups in total. The van der Waals surface area contributed by atoms with Crippen LogP contribution in [0.1, 0.15) is 35.6 Å². The summed E-state index contributed by atoms with van der Waals surface area (Å²) in [5, 5.41) is 1.77. The third-order valence-corrected chi connectivity index (χ3v) is 4.36. The number of carbonyl (C=O) groups is 1. The summed E-state index contributed by atoms with van der Waals surface area (Å²) >= 11 is 0. The van der Waals surface area contributed by atoms with Gasteiger partial charge in [-0.15, -0.1) is 0 Å². The molecule has 4 rings (SSSR count). The summed E-state index contributed by atoms with van der Waals surface area (Å²) in [5.74, 6) is -0.463. The van der Waals surface area contributed by atoms with Crippen molar-refractivity contribution < 1.29 is 14.3 Å². The van der Waals surface area contributed by atoms with Gasteiger partial charge in [0.15, 0.2) is 5.69 Å². The molecular weight excluding hydrogens is 344 g/mol. The largest absolute Gasteiger partial charge is 0.458 e. The molecule has 0 fully saturated rings. The number of fused-ring (bicyclic) bond motifs is 5. The third-order valence-electron chi connectivity index (χ3n) is 4.36. The fourth-order valence-corrected chi connectivity index (χ4v) is 3.34. The van der Waals surface area contributed by atoms with Gasteiger partial charge in [-0.3, -0.25) is 4.98 Å². The highest BCUT2D eigenvalue weighted by atomic mass is 16.5. The molecule has 1 aromatic carbocycles. The molecule has 4 aromatic rings. The maximum absolute atomic E-state index is 12.6. The number of hydrogen-bond acceptors (Lipinski definition) is 6. The highest BCUT2D eigenvalue weighted by molar-refractivity contribution is 6.20. The van der Waals surface area contributed by atoms with Gasteiger partial charge in [0.2, 0.25) is 0 Å². The van der Waals surface area contributed by atoms with Crippen LogP contribution < -0.4 is 0 Å². The first-order chi connectivity index (χ1) is 13.0. The number of nitrogens with one attached hydrogen (secondary N) is 1. The second-order valence-corrected chi connectivity index (χ2v) is 6.75. The Morgan fingerprint density at radius 3 is 2.70 bits per heavy atom. The van der Waals surface area contributed by atoms with Crippen LogP contribution in [0.3, 0.4) is 0 Å². The number of carbonyl (C=O) groups excluding carboxylic acids is 1. The number of aromatic amines is 1. The summed E-state index contributed by atoms with van der Waals surface area (Å²) in [6.45, 7) is 5.76. The van der Waals surface area contributed by atoms with Crippen molar-refractivity contribution in [1.29, 1.82) is 0 Å². The van der Waals surface area contributed by atoms with Crippen LogP contribution >= 0.6 is 0 Å². The van der Waals surface area contributed by atoms with E-state index in [-0.39, 0.29) is 18.4 Å². The molecule has 0 aliphatic rings. The van der Waals surface area contributed by atoms with Gasteiger partial charge in [0.25, 0.3) is 0 Å². The van der Waals surface area contributed by atoms with E-state index in [0.29, 0.717) is 5.56 Å². The van der Waals surface area contributed by atoms with Gasteiger partial charge in [0.1, 0.15) is 0 Å². The Morgan fingerprint density at radius 2 is 1.96 bits per heavy atom. The normalized spacial score (nSPS) is 11.7. The van der Waals surface area contributed by atoms with Crippen molar-refractivity contribution >= 4 is 38.8 Å². The van der Waals surface area contributed by atoms with Crippen LogP contribution in [0.25, 0.3) is 32.8 Å². The van der Waals surface area contributed by atoms with Gasteiger partial charge in [-0.25, -0.2) is 14.8 Å². The molecule has 0 radical (unpaired) electrons. The zero-order valence-electron chi connectivity index (χ0n) is 15.7. The molecule has 0 saturated carbocycles. The number of methoxy groups -OCH3 is 1. The molecule has 3 aromatic heterocycles. The summed E-state index contributed by atoms with van der Waals surface area (Å²) < 4.78 is 10.8. The van der Waals surface area contributed by atoms with Crippen LogP contribution in [0.2, 0.25) is 0 Å². The number of nitrogens with zero attached hydrogens (tertiary/aromatic N) is 3. The van der Waals surface area contributed by atoms with Gasteiger partial charge >= 0.3 is 5.97 Å². The number of aryl methyl sites for hydroxylation is 1. The maximum atomic E-state index is 12.6.